The number of likely N-dealkylation sites (tertiary alicyclic amines) is 1. The van der Waals surface area contributed by atoms with Gasteiger partial charge in [-0.25, -0.2) is 4.79 Å². The van der Waals surface area contributed by atoms with E-state index in [1.807, 2.05) is 20.9 Å². The molecule has 0 aromatic carbocycles. The highest BCUT2D eigenvalue weighted by Gasteiger charge is 2.56. The molecule has 5 aliphatic heterocycles. The third kappa shape index (κ3) is 23.7. The number of aliphatic hydroxyl groups is 10. The number of nitrogens with one attached hydrogen (secondary N) is 4. The molecular weight excluding hydrogens is 1400 g/mol. The van der Waals surface area contributed by atoms with Crippen LogP contribution in [-0.4, -0.2) is 309 Å². The molecule has 9 fully saturated rings. The van der Waals surface area contributed by atoms with Gasteiger partial charge in [-0.05, 0) is 122 Å². The highest BCUT2D eigenvalue weighted by Crippen LogP contribution is 2.44. The van der Waals surface area contributed by atoms with Crippen LogP contribution in [0, 0.1) is 35.5 Å². The number of carbonyl (C=O) groups excluding carboxylic acids is 5. The lowest BCUT2D eigenvalue weighted by Crippen LogP contribution is -2.67. The molecule has 9 rings (SSSR count). The Bertz CT molecular complexity index is 2740. The summed E-state index contributed by atoms with van der Waals surface area (Å²) in [4.78, 5) is 80.7. The van der Waals surface area contributed by atoms with Gasteiger partial charge < -0.3 is 130 Å². The number of aliphatic hydroxyl groups excluding tert-OH is 10. The number of carbonyl (C=O) groups is 6. The Labute approximate surface area is 628 Å². The van der Waals surface area contributed by atoms with Gasteiger partial charge in [0.2, 0.25) is 11.8 Å². The van der Waals surface area contributed by atoms with Crippen molar-refractivity contribution in [2.75, 3.05) is 53.5 Å². The van der Waals surface area contributed by atoms with Crippen molar-refractivity contribution < 1.29 is 132 Å². The van der Waals surface area contributed by atoms with Crippen LogP contribution in [0.3, 0.4) is 0 Å². The number of nitrogens with zero attached hydrogens (tertiary/aromatic N) is 1. The van der Waals surface area contributed by atoms with Gasteiger partial charge in [-0.1, -0.05) is 90.9 Å². The molecule has 0 bridgehead atoms. The topological polar surface area (TPSA) is 469 Å². The van der Waals surface area contributed by atoms with Crippen LogP contribution in [0.15, 0.2) is 0 Å². The van der Waals surface area contributed by atoms with E-state index in [9.17, 15) is 84.9 Å². The van der Waals surface area contributed by atoms with E-state index in [1.165, 1.54) is 20.8 Å². The summed E-state index contributed by atoms with van der Waals surface area (Å²) in [5.41, 5.74) is 0. The monoisotopic (exact) mass is 1530 g/mol. The van der Waals surface area contributed by atoms with Gasteiger partial charge >= 0.3 is 5.97 Å². The number of aliphatic carboxylic acids is 1. The molecule has 5 heterocycles. The van der Waals surface area contributed by atoms with Gasteiger partial charge in [-0.2, -0.15) is 0 Å². The van der Waals surface area contributed by atoms with Gasteiger partial charge in [-0.15, -0.1) is 0 Å². The number of rotatable bonds is 34. The molecule has 9 aliphatic rings. The molecule has 107 heavy (non-hydrogen) atoms. The van der Waals surface area contributed by atoms with Gasteiger partial charge in [0, 0.05) is 51.6 Å². The maximum absolute atomic E-state index is 13.8. The Kier molecular flexibility index (Phi) is 35.7. The number of carboxylic acid groups (broad SMARTS) is 1. The first kappa shape index (κ1) is 88.9. The number of carboxylic acids is 1. The minimum absolute atomic E-state index is 0.0294. The number of hydrogen-bond donors (Lipinski definition) is 15. The first-order chi connectivity index (χ1) is 51.1. The van der Waals surface area contributed by atoms with Crippen molar-refractivity contribution in [2.45, 2.75) is 349 Å². The van der Waals surface area contributed by atoms with E-state index in [-0.39, 0.29) is 60.4 Å². The molecule has 616 valence electrons. The van der Waals surface area contributed by atoms with E-state index < -0.39 is 202 Å². The molecule has 32 heteroatoms. The molecule has 12 unspecified atom stereocenters. The minimum atomic E-state index is -1.60. The molecule has 4 aliphatic carbocycles. The zero-order valence-electron chi connectivity index (χ0n) is 63.9. The zero-order valence-corrected chi connectivity index (χ0v) is 63.9. The summed E-state index contributed by atoms with van der Waals surface area (Å²) in [6.07, 6.45) is -14.1. The molecule has 0 aromatic rings. The third-order valence-electron chi connectivity index (χ3n) is 23.7. The SMILES string of the molecule is CCC1CC(C(=O)CCCNC)C[C@@H](O[C@@H]2O[C@@H](CO)[C@H](O)C(O[C@@H](CC3CCCCC3)C(=O)N3CCC3)C2NC(C)=O)[C@@H]1O[C@@H]1OC(C)[C@@H](O)[C@H](O)C1O.CCC1CC(C(=O)CCCNC)C[C@@H](O[C@@H]2O[C@@H](CO)[C@H](O)C(O[C@@H](CC3CCCCC3)C(=O)O)C2NC(C)=O)[C@@H]1O[C@@H]1OC(C)[C@@H](O)[C@H](O)C1O. The Morgan fingerprint density at radius 3 is 1.21 bits per heavy atom. The first-order valence-corrected chi connectivity index (χ1v) is 39.8. The van der Waals surface area contributed by atoms with Gasteiger partial charge in [0.25, 0.3) is 5.91 Å². The lowest BCUT2D eigenvalue weighted by molar-refractivity contribution is -0.338. The average Bonchev–Trinajstić information content (AvgIpc) is 0.778. The fourth-order valence-corrected chi connectivity index (χ4v) is 17.3. The number of Topliss-reactive ketones (excluding diaryl/α,β-unsaturated/α-hetero) is 2. The third-order valence-corrected chi connectivity index (χ3v) is 23.7. The van der Waals surface area contributed by atoms with Crippen LogP contribution < -0.4 is 21.3 Å². The van der Waals surface area contributed by atoms with E-state index in [1.54, 1.807) is 18.9 Å². The molecule has 3 amide bonds. The fraction of sp³-hybridized carbons (Fsp3) is 0.920. The van der Waals surface area contributed by atoms with Crippen LogP contribution >= 0.6 is 0 Å². The highest BCUT2D eigenvalue weighted by molar-refractivity contribution is 5.82. The molecule has 0 radical (unpaired) electrons. The van der Waals surface area contributed by atoms with E-state index in [0.29, 0.717) is 84.0 Å². The van der Waals surface area contributed by atoms with E-state index in [2.05, 4.69) is 21.3 Å². The predicted octanol–water partition coefficient (Wildman–Crippen LogP) is 0.109. The van der Waals surface area contributed by atoms with Crippen molar-refractivity contribution in [1.82, 2.24) is 26.2 Å². The predicted molar refractivity (Wildman–Crippen MR) is 381 cm³/mol. The molecular formula is C75H129N5O27. The van der Waals surface area contributed by atoms with E-state index in [4.69, 9.17) is 47.4 Å². The number of hydrogen-bond acceptors (Lipinski definition) is 28. The molecule has 5 saturated heterocycles. The second kappa shape index (κ2) is 43.0. The Balaban J connectivity index is 0.000000270. The lowest BCUT2D eigenvalue weighted by atomic mass is 9.74. The standard InChI is InChI=1S/C39H67N3O13.C36H62N2O14/c1-5-24-18-25(26(45)13-9-14-40-4)19-27(35(24)55-39-34(49)33(48)31(46)21(2)51-39)53-38-30(41-22(3)44)36(32(47)29(20-43)54-38)52-28(37(50)42-15-10-16-42)17-23-11-7-6-8-12-23;1-5-21-15-22(23(41)12-9-13-37-4)16-24(32(21)52-36-31(45)30(44)28(42)18(2)48-36)50-35-27(38-19(3)40)33(29(43)26(17-39)51-35)49-25(34(46)47)14-20-10-7-6-8-11-20/h21,23-25,27-36,38-40,43,46-49H,5-20H2,1-4H3,(H,41,44);18,20-22,24-33,35-37,39,42-45H,5-17H2,1-4H3,(H,38,40)(H,46,47)/t21?,24?,25?,27-,28+,29+,30?,31-,32+,33+,34?,35-,36?,38-,39+;18?,21?,22?,24-,25+,26+,27?,28-,29+,30+,31?,32-,33?,35-,36+/m11/s1. The van der Waals surface area contributed by atoms with Gasteiger partial charge in [-0.3, -0.25) is 24.0 Å². The van der Waals surface area contributed by atoms with Gasteiger partial charge in [0.15, 0.2) is 31.3 Å². The number of ether oxygens (including phenoxy) is 10. The summed E-state index contributed by atoms with van der Waals surface area (Å²) in [7, 11) is 3.63. The molecule has 0 aromatic heterocycles. The summed E-state index contributed by atoms with van der Waals surface area (Å²) in [5, 5.41) is 129. The van der Waals surface area contributed by atoms with Crippen molar-refractivity contribution in [3.8, 4) is 0 Å². The fourth-order valence-electron chi connectivity index (χ4n) is 17.3. The maximum Gasteiger partial charge on any atom is 0.332 e. The van der Waals surface area contributed by atoms with Crippen molar-refractivity contribution in [2.24, 2.45) is 35.5 Å². The smallest absolute Gasteiger partial charge is 0.332 e. The normalized spacial score (nSPS) is 39.4. The van der Waals surface area contributed by atoms with Crippen molar-refractivity contribution in [3.05, 3.63) is 0 Å². The summed E-state index contributed by atoms with van der Waals surface area (Å²) < 4.78 is 62.9. The molecule has 4 saturated carbocycles. The number of ketones is 2. The minimum Gasteiger partial charge on any atom is -0.479 e. The van der Waals surface area contributed by atoms with Crippen molar-refractivity contribution in [3.63, 3.8) is 0 Å². The van der Waals surface area contributed by atoms with E-state index >= 15 is 0 Å². The first-order valence-electron chi connectivity index (χ1n) is 39.8. The quantitative estimate of drug-likeness (QED) is 0.0380. The van der Waals surface area contributed by atoms with Gasteiger partial charge in [0.1, 0.15) is 103 Å². The van der Waals surface area contributed by atoms with Crippen LogP contribution in [0.25, 0.3) is 0 Å². The molecule has 30 atom stereocenters. The summed E-state index contributed by atoms with van der Waals surface area (Å²) >= 11 is 0. The van der Waals surface area contributed by atoms with Crippen LogP contribution in [-0.2, 0) is 76.1 Å². The van der Waals surface area contributed by atoms with Crippen LogP contribution in [0.5, 0.6) is 0 Å². The number of amides is 3. The Morgan fingerprint density at radius 2 is 0.869 bits per heavy atom. The summed E-state index contributed by atoms with van der Waals surface area (Å²) in [6.45, 7) is 10.8. The zero-order chi connectivity index (χ0) is 77.9. The molecule has 15 N–H and O–H groups in total. The second-order valence-corrected chi connectivity index (χ2v) is 31.5. The molecule has 0 spiro atoms. The molecule has 32 nitrogen and oxygen atoms in total. The maximum atomic E-state index is 13.8. The van der Waals surface area contributed by atoms with Crippen LogP contribution in [0.1, 0.15) is 189 Å². The highest BCUT2D eigenvalue weighted by atomic mass is 16.7. The van der Waals surface area contributed by atoms with E-state index in [0.717, 1.165) is 70.6 Å². The summed E-state index contributed by atoms with van der Waals surface area (Å²) in [5.74, 6) is -3.40. The van der Waals surface area contributed by atoms with Crippen molar-refractivity contribution in [1.29, 1.82) is 0 Å². The van der Waals surface area contributed by atoms with Crippen molar-refractivity contribution >= 4 is 35.3 Å². The second-order valence-electron chi connectivity index (χ2n) is 31.5. The Morgan fingerprint density at radius 1 is 0.477 bits per heavy atom. The van der Waals surface area contributed by atoms with Gasteiger partial charge in [0.05, 0.1) is 49.8 Å². The average molecular weight is 1530 g/mol. The van der Waals surface area contributed by atoms with Crippen LogP contribution in [0.4, 0.5) is 0 Å². The largest absolute Gasteiger partial charge is 0.479 e. The summed E-state index contributed by atoms with van der Waals surface area (Å²) in [6, 6.07) is -2.39. The lowest BCUT2D eigenvalue weighted by Gasteiger charge is -2.49. The van der Waals surface area contributed by atoms with Crippen LogP contribution in [0.2, 0.25) is 0 Å². The Hall–Kier alpha value is -3.66.